The van der Waals surface area contributed by atoms with E-state index in [1.807, 2.05) is 53.1 Å². The summed E-state index contributed by atoms with van der Waals surface area (Å²) in [5, 5.41) is 28.9. The van der Waals surface area contributed by atoms with Crippen LogP contribution < -0.4 is 0 Å². The number of benzene rings is 3. The Hall–Kier alpha value is -4.06. The van der Waals surface area contributed by atoms with Gasteiger partial charge in [0.2, 0.25) is 0 Å². The molecule has 0 saturated heterocycles. The molecule has 0 radical (unpaired) electrons. The molecule has 0 atom stereocenters. The molecular formula is C29H25BrN6O. The van der Waals surface area contributed by atoms with Crippen molar-refractivity contribution < 1.29 is 5.11 Å². The first-order chi connectivity index (χ1) is 18.1. The topological polar surface area (TPSA) is 90.9 Å². The smallest absolute Gasteiger partial charge is 0.147 e. The summed E-state index contributed by atoms with van der Waals surface area (Å²) in [4.78, 5) is 7.05. The van der Waals surface area contributed by atoms with Crippen molar-refractivity contribution in [1.29, 1.82) is 5.26 Å². The average molecular weight is 553 g/mol. The first-order valence-electron chi connectivity index (χ1n) is 12.0. The van der Waals surface area contributed by atoms with Crippen LogP contribution in [0.25, 0.3) is 10.9 Å². The molecule has 2 aromatic heterocycles. The summed E-state index contributed by atoms with van der Waals surface area (Å²) in [7, 11) is 0. The van der Waals surface area contributed by atoms with Gasteiger partial charge in [0.05, 0.1) is 30.4 Å². The minimum Gasteiger partial charge on any atom is -0.506 e. The highest BCUT2D eigenvalue weighted by molar-refractivity contribution is 9.10. The van der Waals surface area contributed by atoms with Crippen LogP contribution >= 0.6 is 15.9 Å². The number of aromatic hydroxyl groups is 1. The van der Waals surface area contributed by atoms with E-state index in [-0.39, 0.29) is 5.75 Å². The van der Waals surface area contributed by atoms with Crippen molar-refractivity contribution >= 4 is 26.8 Å². The molecule has 5 rings (SSSR count). The molecule has 5 aromatic rings. The van der Waals surface area contributed by atoms with Crippen LogP contribution in [-0.2, 0) is 26.1 Å². The maximum Gasteiger partial charge on any atom is 0.147 e. The number of halogens is 1. The first-order valence-corrected chi connectivity index (χ1v) is 12.8. The SMILES string of the molecule is N#Cc1ccc(Cn2cnnc2CN(CCc2ccc(Br)cc2)Cc2ccc3cccc(O)c3n2)cc1. The van der Waals surface area contributed by atoms with Crippen molar-refractivity contribution in [2.24, 2.45) is 0 Å². The van der Waals surface area contributed by atoms with Crippen LogP contribution in [-0.4, -0.2) is 36.3 Å². The Bertz CT molecular complexity index is 1540. The molecule has 7 nitrogen and oxygen atoms in total. The largest absolute Gasteiger partial charge is 0.506 e. The highest BCUT2D eigenvalue weighted by Crippen LogP contribution is 2.23. The van der Waals surface area contributed by atoms with Gasteiger partial charge in [-0.2, -0.15) is 5.26 Å². The number of hydrogen-bond acceptors (Lipinski definition) is 6. The number of nitrogens with zero attached hydrogens (tertiary/aromatic N) is 6. The molecule has 0 bridgehead atoms. The number of nitriles is 1. The summed E-state index contributed by atoms with van der Waals surface area (Å²) in [5.74, 6) is 1.03. The predicted molar refractivity (Wildman–Crippen MR) is 146 cm³/mol. The molecule has 2 heterocycles. The van der Waals surface area contributed by atoms with Crippen molar-refractivity contribution in [2.45, 2.75) is 26.1 Å². The Morgan fingerprint density at radius 3 is 2.49 bits per heavy atom. The Labute approximate surface area is 223 Å². The molecule has 1 N–H and O–H groups in total. The van der Waals surface area contributed by atoms with Crippen LogP contribution in [0.15, 0.2) is 89.7 Å². The molecule has 0 amide bonds. The van der Waals surface area contributed by atoms with Gasteiger partial charge >= 0.3 is 0 Å². The third-order valence-electron chi connectivity index (χ3n) is 6.27. The van der Waals surface area contributed by atoms with Gasteiger partial charge in [-0.25, -0.2) is 4.98 Å². The van der Waals surface area contributed by atoms with Crippen molar-refractivity contribution in [3.63, 3.8) is 0 Å². The lowest BCUT2D eigenvalue weighted by molar-refractivity contribution is 0.247. The lowest BCUT2D eigenvalue weighted by Crippen LogP contribution is -2.27. The van der Waals surface area contributed by atoms with Crippen molar-refractivity contribution in [3.8, 4) is 11.8 Å². The van der Waals surface area contributed by atoms with Crippen molar-refractivity contribution in [2.75, 3.05) is 6.54 Å². The van der Waals surface area contributed by atoms with Gasteiger partial charge in [0.25, 0.3) is 0 Å². The van der Waals surface area contributed by atoms with E-state index in [1.165, 1.54) is 5.56 Å². The molecular weight excluding hydrogens is 528 g/mol. The number of para-hydroxylation sites is 1. The van der Waals surface area contributed by atoms with Crippen LogP contribution in [0.5, 0.6) is 5.75 Å². The van der Waals surface area contributed by atoms with Gasteiger partial charge in [0, 0.05) is 22.9 Å². The monoisotopic (exact) mass is 552 g/mol. The van der Waals surface area contributed by atoms with E-state index in [9.17, 15) is 5.11 Å². The zero-order chi connectivity index (χ0) is 25.6. The molecule has 0 spiro atoms. The van der Waals surface area contributed by atoms with E-state index in [0.29, 0.717) is 30.7 Å². The third kappa shape index (κ3) is 6.20. The van der Waals surface area contributed by atoms with E-state index >= 15 is 0 Å². The Kier molecular flexibility index (Phi) is 7.54. The zero-order valence-electron chi connectivity index (χ0n) is 20.1. The summed E-state index contributed by atoms with van der Waals surface area (Å²) in [6.45, 7) is 2.61. The summed E-state index contributed by atoms with van der Waals surface area (Å²) >= 11 is 3.51. The van der Waals surface area contributed by atoms with Gasteiger partial charge in [-0.1, -0.05) is 58.4 Å². The lowest BCUT2D eigenvalue weighted by atomic mass is 10.1. The maximum atomic E-state index is 10.3. The maximum absolute atomic E-state index is 10.3. The number of rotatable bonds is 9. The van der Waals surface area contributed by atoms with Gasteiger partial charge in [0.1, 0.15) is 23.4 Å². The molecule has 37 heavy (non-hydrogen) atoms. The fraction of sp³-hybridized carbons (Fsp3) is 0.172. The van der Waals surface area contributed by atoms with E-state index in [1.54, 1.807) is 12.4 Å². The first kappa shape index (κ1) is 24.6. The summed E-state index contributed by atoms with van der Waals surface area (Å²) < 4.78 is 3.09. The highest BCUT2D eigenvalue weighted by Gasteiger charge is 2.14. The summed E-state index contributed by atoms with van der Waals surface area (Å²) in [6, 6.07) is 27.5. The molecule has 3 aromatic carbocycles. The molecule has 0 fully saturated rings. The molecule has 0 aliphatic rings. The second kappa shape index (κ2) is 11.3. The Balaban J connectivity index is 1.37. The van der Waals surface area contributed by atoms with E-state index in [2.05, 4.69) is 61.4 Å². The Morgan fingerprint density at radius 2 is 1.70 bits per heavy atom. The summed E-state index contributed by atoms with van der Waals surface area (Å²) in [6.07, 6.45) is 2.61. The van der Waals surface area contributed by atoms with Gasteiger partial charge in [-0.15, -0.1) is 10.2 Å². The van der Waals surface area contributed by atoms with Gasteiger partial charge in [-0.3, -0.25) is 4.90 Å². The van der Waals surface area contributed by atoms with Crippen LogP contribution in [0.2, 0.25) is 0 Å². The van der Waals surface area contributed by atoms with Gasteiger partial charge in [0.15, 0.2) is 0 Å². The van der Waals surface area contributed by atoms with Crippen LogP contribution in [0.3, 0.4) is 0 Å². The number of fused-ring (bicyclic) bond motifs is 1. The molecule has 0 saturated carbocycles. The third-order valence-corrected chi connectivity index (χ3v) is 6.80. The van der Waals surface area contributed by atoms with Crippen LogP contribution in [0.1, 0.15) is 28.2 Å². The number of aromatic nitrogens is 4. The number of phenolic OH excluding ortho intramolecular Hbond substituents is 1. The number of phenols is 1. The molecule has 0 aliphatic heterocycles. The Morgan fingerprint density at radius 1 is 0.919 bits per heavy atom. The van der Waals surface area contributed by atoms with Crippen molar-refractivity contribution in [1.82, 2.24) is 24.6 Å². The van der Waals surface area contributed by atoms with Crippen LogP contribution in [0, 0.1) is 11.3 Å². The number of hydrogen-bond donors (Lipinski definition) is 1. The average Bonchev–Trinajstić information content (AvgIpc) is 3.35. The van der Waals surface area contributed by atoms with E-state index in [4.69, 9.17) is 10.2 Å². The standard InChI is InChI=1S/C29H25BrN6O/c30-25-11-8-21(9-12-25)14-15-35(18-26-13-10-24-2-1-3-27(37)29(24)33-26)19-28-34-32-20-36(28)17-23-6-4-22(16-31)5-7-23/h1-13,20,37H,14-15,17-19H2. The second-order valence-electron chi connectivity index (χ2n) is 8.92. The van der Waals surface area contributed by atoms with E-state index < -0.39 is 0 Å². The minimum atomic E-state index is 0.183. The molecule has 8 heteroatoms. The lowest BCUT2D eigenvalue weighted by Gasteiger charge is -2.22. The molecule has 0 unspecified atom stereocenters. The van der Waals surface area contributed by atoms with Gasteiger partial charge < -0.3 is 9.67 Å². The van der Waals surface area contributed by atoms with Crippen LogP contribution in [0.4, 0.5) is 0 Å². The zero-order valence-corrected chi connectivity index (χ0v) is 21.7. The molecule has 184 valence electrons. The quantitative estimate of drug-likeness (QED) is 0.261. The van der Waals surface area contributed by atoms with Crippen molar-refractivity contribution in [3.05, 3.63) is 118 Å². The molecule has 0 aliphatic carbocycles. The fourth-order valence-electron chi connectivity index (χ4n) is 4.26. The van der Waals surface area contributed by atoms with Gasteiger partial charge in [-0.05, 0) is 53.9 Å². The second-order valence-corrected chi connectivity index (χ2v) is 9.84. The normalized spacial score (nSPS) is 11.2. The van der Waals surface area contributed by atoms with E-state index in [0.717, 1.165) is 39.9 Å². The number of pyridine rings is 1. The minimum absolute atomic E-state index is 0.183. The predicted octanol–water partition coefficient (Wildman–Crippen LogP) is 5.46. The summed E-state index contributed by atoms with van der Waals surface area (Å²) in [5.41, 5.74) is 4.45. The highest BCUT2D eigenvalue weighted by atomic mass is 79.9. The fourth-order valence-corrected chi connectivity index (χ4v) is 4.52.